The first kappa shape index (κ1) is 37.6. The van der Waals surface area contributed by atoms with E-state index in [0.717, 1.165) is 5.69 Å². The first-order valence-electron chi connectivity index (χ1n) is 20.8. The molecule has 7 aromatic rings. The molecular formula is C54H54BN3. The zero-order valence-corrected chi connectivity index (χ0v) is 36.3. The third-order valence-corrected chi connectivity index (χ3v) is 12.5. The molecule has 4 heteroatoms. The summed E-state index contributed by atoms with van der Waals surface area (Å²) in [6.45, 7) is 27.0. The van der Waals surface area contributed by atoms with Gasteiger partial charge in [0.25, 0.3) is 6.71 Å². The van der Waals surface area contributed by atoms with Gasteiger partial charge in [-0.1, -0.05) is 106 Å². The van der Waals surface area contributed by atoms with Crippen molar-refractivity contribution >= 4 is 74.3 Å². The standard InChI is InChI=1S/C54H54BN3/c1-31-13-17-46(37(7)21-31)56(47-18-14-32(2)22-38(47)8)43-29-50-52-51(30-43)58(49-20-16-34(4)24-40(49)10)54-42(12)26-36(6)28-45(54)55(52)44-27-35(5)25-41(11)53(44)57(50)48-19-15-33(3)23-39(48)9/h13-30H,1-12H3. The largest absolute Gasteiger partial charge is 0.311 e. The van der Waals surface area contributed by atoms with Crippen molar-refractivity contribution in [1.29, 1.82) is 0 Å². The molecule has 0 amide bonds. The van der Waals surface area contributed by atoms with Crippen molar-refractivity contribution in [3.8, 4) is 0 Å². The molecule has 0 fully saturated rings. The van der Waals surface area contributed by atoms with Crippen molar-refractivity contribution in [3.05, 3.63) is 176 Å². The summed E-state index contributed by atoms with van der Waals surface area (Å²) in [6, 6.07) is 42.3. The Bertz CT molecular complexity index is 2660. The third kappa shape index (κ3) is 5.96. The van der Waals surface area contributed by atoms with Crippen LogP contribution in [0.15, 0.2) is 109 Å². The fourth-order valence-electron chi connectivity index (χ4n) is 10.3. The lowest BCUT2D eigenvalue weighted by Gasteiger charge is -2.46. The second kappa shape index (κ2) is 13.8. The Morgan fingerprint density at radius 3 is 1.09 bits per heavy atom. The summed E-state index contributed by atoms with van der Waals surface area (Å²) in [5.74, 6) is 0. The molecule has 0 saturated carbocycles. The van der Waals surface area contributed by atoms with Gasteiger partial charge in [0.15, 0.2) is 0 Å². The van der Waals surface area contributed by atoms with Gasteiger partial charge in [0, 0.05) is 45.5 Å². The van der Waals surface area contributed by atoms with Gasteiger partial charge in [-0.3, -0.25) is 0 Å². The van der Waals surface area contributed by atoms with Gasteiger partial charge in [0.05, 0.1) is 5.69 Å². The molecule has 3 nitrogen and oxygen atoms in total. The Morgan fingerprint density at radius 1 is 0.345 bits per heavy atom. The number of anilines is 9. The predicted molar refractivity (Wildman–Crippen MR) is 252 cm³/mol. The normalized spacial score (nSPS) is 12.7. The minimum atomic E-state index is 0.0425. The monoisotopic (exact) mass is 755 g/mol. The fraction of sp³-hybridized carbons (Fsp3) is 0.222. The number of fused-ring (bicyclic) bond motifs is 4. The van der Waals surface area contributed by atoms with Crippen LogP contribution < -0.4 is 31.1 Å². The lowest BCUT2D eigenvalue weighted by atomic mass is 9.33. The van der Waals surface area contributed by atoms with E-state index in [9.17, 15) is 0 Å². The number of aryl methyl sites for hydroxylation is 12. The average Bonchev–Trinajstić information content (AvgIpc) is 3.14. The summed E-state index contributed by atoms with van der Waals surface area (Å²) in [6.07, 6.45) is 0. The first-order chi connectivity index (χ1) is 27.7. The number of rotatable bonds is 5. The van der Waals surface area contributed by atoms with E-state index in [1.807, 2.05) is 0 Å². The van der Waals surface area contributed by atoms with Gasteiger partial charge >= 0.3 is 0 Å². The molecule has 0 atom stereocenters. The van der Waals surface area contributed by atoms with Crippen LogP contribution in [-0.2, 0) is 0 Å². The van der Waals surface area contributed by atoms with E-state index >= 15 is 0 Å². The van der Waals surface area contributed by atoms with Crippen molar-refractivity contribution in [1.82, 2.24) is 0 Å². The SMILES string of the molecule is Cc1ccc(N(c2cc3c4c(c2)N(c2ccc(C)cc2C)c2c(C)cc(C)cc2B4c2cc(C)cc(C)c2N3c2ccc(C)cc2C)c2ccc(C)cc2C)c(C)c1. The molecule has 2 aliphatic rings. The molecule has 9 rings (SSSR count). The van der Waals surface area contributed by atoms with E-state index in [1.165, 1.54) is 129 Å². The molecule has 0 bridgehead atoms. The van der Waals surface area contributed by atoms with Gasteiger partial charge in [-0.2, -0.15) is 0 Å². The van der Waals surface area contributed by atoms with Crippen molar-refractivity contribution in [3.63, 3.8) is 0 Å². The van der Waals surface area contributed by atoms with Gasteiger partial charge in [0.1, 0.15) is 0 Å². The average molecular weight is 756 g/mol. The number of nitrogens with zero attached hydrogens (tertiary/aromatic N) is 3. The number of hydrogen-bond donors (Lipinski definition) is 0. The van der Waals surface area contributed by atoms with Crippen molar-refractivity contribution < 1.29 is 0 Å². The maximum Gasteiger partial charge on any atom is 0.252 e. The zero-order valence-electron chi connectivity index (χ0n) is 36.3. The van der Waals surface area contributed by atoms with Gasteiger partial charge < -0.3 is 14.7 Å². The van der Waals surface area contributed by atoms with Gasteiger partial charge in [0.2, 0.25) is 0 Å². The lowest BCUT2D eigenvalue weighted by molar-refractivity contribution is 1.17. The molecule has 0 spiro atoms. The van der Waals surface area contributed by atoms with E-state index in [0.29, 0.717) is 0 Å². The molecule has 2 heterocycles. The van der Waals surface area contributed by atoms with Gasteiger partial charge in [-0.15, -0.1) is 0 Å². The molecule has 2 aliphatic heterocycles. The summed E-state index contributed by atoms with van der Waals surface area (Å²) >= 11 is 0. The number of hydrogen-bond acceptors (Lipinski definition) is 3. The van der Waals surface area contributed by atoms with Crippen LogP contribution in [0, 0.1) is 83.1 Å². The van der Waals surface area contributed by atoms with Gasteiger partial charge in [-0.25, -0.2) is 0 Å². The Kier molecular flexibility index (Phi) is 8.96. The zero-order chi connectivity index (χ0) is 40.9. The van der Waals surface area contributed by atoms with Crippen LogP contribution in [0.3, 0.4) is 0 Å². The van der Waals surface area contributed by atoms with Crippen LogP contribution >= 0.6 is 0 Å². The lowest BCUT2D eigenvalue weighted by Crippen LogP contribution is -2.62. The van der Waals surface area contributed by atoms with Crippen LogP contribution in [0.5, 0.6) is 0 Å². The topological polar surface area (TPSA) is 9.72 Å². The van der Waals surface area contributed by atoms with Crippen molar-refractivity contribution in [2.75, 3.05) is 14.7 Å². The van der Waals surface area contributed by atoms with Crippen LogP contribution in [0.2, 0.25) is 0 Å². The highest BCUT2D eigenvalue weighted by Crippen LogP contribution is 2.51. The Balaban J connectivity index is 1.49. The summed E-state index contributed by atoms with van der Waals surface area (Å²) < 4.78 is 0. The van der Waals surface area contributed by atoms with Crippen molar-refractivity contribution in [2.24, 2.45) is 0 Å². The molecule has 58 heavy (non-hydrogen) atoms. The van der Waals surface area contributed by atoms with Gasteiger partial charge in [-0.05, 0) is 169 Å². The minimum absolute atomic E-state index is 0.0425. The first-order valence-corrected chi connectivity index (χ1v) is 20.8. The van der Waals surface area contributed by atoms with E-state index < -0.39 is 0 Å². The quantitative estimate of drug-likeness (QED) is 0.162. The summed E-state index contributed by atoms with van der Waals surface area (Å²) in [4.78, 5) is 7.73. The third-order valence-electron chi connectivity index (χ3n) is 12.5. The highest BCUT2D eigenvalue weighted by molar-refractivity contribution is 7.00. The molecule has 0 aliphatic carbocycles. The van der Waals surface area contributed by atoms with Crippen molar-refractivity contribution in [2.45, 2.75) is 83.1 Å². The Morgan fingerprint density at radius 2 is 0.707 bits per heavy atom. The molecule has 288 valence electrons. The predicted octanol–water partition coefficient (Wildman–Crippen LogP) is 12.9. The summed E-state index contributed by atoms with van der Waals surface area (Å²) in [5.41, 5.74) is 30.3. The van der Waals surface area contributed by atoms with E-state index in [1.54, 1.807) is 0 Å². The van der Waals surface area contributed by atoms with Crippen LogP contribution in [0.25, 0.3) is 0 Å². The molecule has 7 aromatic carbocycles. The summed E-state index contributed by atoms with van der Waals surface area (Å²) in [5, 5.41) is 0. The minimum Gasteiger partial charge on any atom is -0.311 e. The second-order valence-electron chi connectivity index (χ2n) is 17.5. The molecule has 0 aromatic heterocycles. The smallest absolute Gasteiger partial charge is 0.252 e. The maximum atomic E-state index is 2.60. The maximum absolute atomic E-state index is 2.60. The van der Waals surface area contributed by atoms with E-state index in [-0.39, 0.29) is 6.71 Å². The molecular weight excluding hydrogens is 701 g/mol. The number of benzene rings is 7. The van der Waals surface area contributed by atoms with Crippen LogP contribution in [0.4, 0.5) is 51.2 Å². The summed E-state index contributed by atoms with van der Waals surface area (Å²) in [7, 11) is 0. The molecule has 0 unspecified atom stereocenters. The highest BCUT2D eigenvalue weighted by atomic mass is 15.2. The fourth-order valence-corrected chi connectivity index (χ4v) is 10.3. The highest BCUT2D eigenvalue weighted by Gasteiger charge is 2.45. The molecule has 0 saturated heterocycles. The molecule has 0 radical (unpaired) electrons. The van der Waals surface area contributed by atoms with Crippen LogP contribution in [0.1, 0.15) is 66.8 Å². The van der Waals surface area contributed by atoms with Crippen LogP contribution in [-0.4, -0.2) is 6.71 Å². The Hall–Kier alpha value is -6.00. The molecule has 0 N–H and O–H groups in total. The Labute approximate surface area is 346 Å². The second-order valence-corrected chi connectivity index (χ2v) is 17.5. The van der Waals surface area contributed by atoms with E-state index in [4.69, 9.17) is 0 Å². The van der Waals surface area contributed by atoms with E-state index in [2.05, 4.69) is 207 Å².